The highest BCUT2D eigenvalue weighted by Gasteiger charge is 2.25. The Labute approximate surface area is 216 Å². The van der Waals surface area contributed by atoms with Gasteiger partial charge < -0.3 is 9.47 Å². The molecule has 0 aliphatic heterocycles. The number of nitrogens with zero attached hydrogens (tertiary/aromatic N) is 2. The fourth-order valence-corrected chi connectivity index (χ4v) is 5.20. The summed E-state index contributed by atoms with van der Waals surface area (Å²) in [7, 11) is 3.22. The van der Waals surface area contributed by atoms with Gasteiger partial charge >= 0.3 is 12.1 Å². The highest BCUT2D eigenvalue weighted by atomic mass is 35.5. The zero-order chi connectivity index (χ0) is 25.7. The van der Waals surface area contributed by atoms with E-state index in [1.54, 1.807) is 30.9 Å². The SMILES string of the molecule is COC(=O)CC1CCC(c2ccc(-c3cnn(C)c3NC(=O)O[C@H](C)c3ccccc3Cl)cc2)CC1. The fourth-order valence-electron chi connectivity index (χ4n) is 4.91. The van der Waals surface area contributed by atoms with Crippen molar-refractivity contribution in [3.8, 4) is 11.1 Å². The molecule has 7 nitrogen and oxygen atoms in total. The maximum atomic E-state index is 12.7. The smallest absolute Gasteiger partial charge is 0.413 e. The Morgan fingerprint density at radius 1 is 1.11 bits per heavy atom. The number of rotatable bonds is 7. The molecule has 1 amide bonds. The Morgan fingerprint density at radius 2 is 1.81 bits per heavy atom. The van der Waals surface area contributed by atoms with Crippen LogP contribution in [0.2, 0.25) is 5.02 Å². The van der Waals surface area contributed by atoms with Crippen LogP contribution in [-0.2, 0) is 21.3 Å². The number of hydrogen-bond donors (Lipinski definition) is 1. The van der Waals surface area contributed by atoms with Crippen LogP contribution in [0.1, 0.15) is 62.2 Å². The Morgan fingerprint density at radius 3 is 2.47 bits per heavy atom. The number of aryl methyl sites for hydroxylation is 1. The molecular weight excluding hydrogens is 478 g/mol. The second-order valence-electron chi connectivity index (χ2n) is 9.34. The number of carbonyl (C=O) groups excluding carboxylic acids is 2. The molecule has 8 heteroatoms. The van der Waals surface area contributed by atoms with Crippen molar-refractivity contribution in [1.82, 2.24) is 9.78 Å². The minimum absolute atomic E-state index is 0.120. The number of esters is 1. The van der Waals surface area contributed by atoms with Crippen LogP contribution in [0.15, 0.2) is 54.7 Å². The monoisotopic (exact) mass is 509 g/mol. The van der Waals surface area contributed by atoms with Crippen LogP contribution in [0.5, 0.6) is 0 Å². The van der Waals surface area contributed by atoms with Gasteiger partial charge in [-0.15, -0.1) is 0 Å². The molecule has 1 atom stereocenters. The van der Waals surface area contributed by atoms with Crippen molar-refractivity contribution in [2.24, 2.45) is 13.0 Å². The van der Waals surface area contributed by atoms with Crippen molar-refractivity contribution in [3.63, 3.8) is 0 Å². The van der Waals surface area contributed by atoms with E-state index in [9.17, 15) is 9.59 Å². The molecule has 0 unspecified atom stereocenters. The maximum absolute atomic E-state index is 12.7. The molecule has 0 spiro atoms. The van der Waals surface area contributed by atoms with Gasteiger partial charge in [0.25, 0.3) is 0 Å². The number of methoxy groups -OCH3 is 1. The summed E-state index contributed by atoms with van der Waals surface area (Å²) in [5.41, 5.74) is 3.81. The minimum atomic E-state index is -0.576. The van der Waals surface area contributed by atoms with Gasteiger partial charge in [-0.3, -0.25) is 14.8 Å². The van der Waals surface area contributed by atoms with Gasteiger partial charge in [-0.05, 0) is 61.6 Å². The third kappa shape index (κ3) is 6.08. The summed E-state index contributed by atoms with van der Waals surface area (Å²) in [5.74, 6) is 1.34. The number of ether oxygens (including phenoxy) is 2. The number of carbonyl (C=O) groups is 2. The van der Waals surface area contributed by atoms with Gasteiger partial charge in [0.15, 0.2) is 0 Å². The van der Waals surface area contributed by atoms with Gasteiger partial charge in [0.05, 0.1) is 13.3 Å². The second kappa shape index (κ2) is 11.6. The molecule has 36 heavy (non-hydrogen) atoms. The molecule has 1 saturated carbocycles. The highest BCUT2D eigenvalue weighted by molar-refractivity contribution is 6.31. The van der Waals surface area contributed by atoms with E-state index < -0.39 is 12.2 Å². The van der Waals surface area contributed by atoms with Crippen LogP contribution in [0, 0.1) is 5.92 Å². The first-order valence-electron chi connectivity index (χ1n) is 12.3. The Kier molecular flexibility index (Phi) is 8.31. The lowest BCUT2D eigenvalue weighted by Gasteiger charge is -2.28. The topological polar surface area (TPSA) is 82.5 Å². The number of nitrogens with one attached hydrogen (secondary N) is 1. The summed E-state index contributed by atoms with van der Waals surface area (Å²) < 4.78 is 12.0. The van der Waals surface area contributed by atoms with Crippen molar-refractivity contribution in [1.29, 1.82) is 0 Å². The van der Waals surface area contributed by atoms with Crippen LogP contribution in [-0.4, -0.2) is 29.0 Å². The van der Waals surface area contributed by atoms with Gasteiger partial charge in [0.2, 0.25) is 0 Å². The number of benzene rings is 2. The normalized spacial score (nSPS) is 18.3. The van der Waals surface area contributed by atoms with E-state index in [-0.39, 0.29) is 5.97 Å². The van der Waals surface area contributed by atoms with Gasteiger partial charge in [-0.2, -0.15) is 5.10 Å². The molecule has 2 aromatic carbocycles. The van der Waals surface area contributed by atoms with E-state index in [4.69, 9.17) is 21.1 Å². The van der Waals surface area contributed by atoms with Crippen molar-refractivity contribution in [2.45, 2.75) is 51.0 Å². The molecule has 0 bridgehead atoms. The summed E-state index contributed by atoms with van der Waals surface area (Å²) >= 11 is 6.23. The number of hydrogen-bond acceptors (Lipinski definition) is 5. The molecule has 1 fully saturated rings. The molecule has 1 aromatic heterocycles. The molecule has 1 heterocycles. The van der Waals surface area contributed by atoms with Crippen LogP contribution in [0.4, 0.5) is 10.6 Å². The Hall–Kier alpha value is -3.32. The quantitative estimate of drug-likeness (QED) is 0.351. The van der Waals surface area contributed by atoms with Crippen molar-refractivity contribution in [2.75, 3.05) is 12.4 Å². The minimum Gasteiger partial charge on any atom is -0.469 e. The molecule has 0 saturated heterocycles. The first-order valence-corrected chi connectivity index (χ1v) is 12.6. The van der Waals surface area contributed by atoms with Gasteiger partial charge in [0, 0.05) is 29.6 Å². The first kappa shape index (κ1) is 25.8. The van der Waals surface area contributed by atoms with Crippen LogP contribution < -0.4 is 5.32 Å². The molecule has 0 radical (unpaired) electrons. The van der Waals surface area contributed by atoms with Crippen molar-refractivity contribution < 1.29 is 19.1 Å². The van der Waals surface area contributed by atoms with Crippen LogP contribution in [0.3, 0.4) is 0 Å². The predicted octanol–water partition coefficient (Wildman–Crippen LogP) is 6.89. The summed E-state index contributed by atoms with van der Waals surface area (Å²) in [5, 5.41) is 7.73. The molecule has 1 aliphatic carbocycles. The van der Waals surface area contributed by atoms with Crippen molar-refractivity contribution in [3.05, 3.63) is 70.9 Å². The predicted molar refractivity (Wildman–Crippen MR) is 140 cm³/mol. The maximum Gasteiger partial charge on any atom is 0.413 e. The summed E-state index contributed by atoms with van der Waals surface area (Å²) in [6, 6.07) is 15.7. The third-order valence-corrected chi connectivity index (χ3v) is 7.35. The largest absolute Gasteiger partial charge is 0.469 e. The molecule has 3 aromatic rings. The van der Waals surface area contributed by atoms with Crippen LogP contribution in [0.25, 0.3) is 11.1 Å². The summed E-state index contributed by atoms with van der Waals surface area (Å²) in [6.45, 7) is 1.78. The van der Waals surface area contributed by atoms with E-state index in [1.807, 2.05) is 18.2 Å². The molecule has 1 N–H and O–H groups in total. The number of amides is 1. The average Bonchev–Trinajstić information content (AvgIpc) is 3.24. The lowest BCUT2D eigenvalue weighted by atomic mass is 9.77. The molecule has 1 aliphatic rings. The Balaban J connectivity index is 1.40. The van der Waals surface area contributed by atoms with E-state index >= 15 is 0 Å². The molecular formula is C28H32ClN3O4. The third-order valence-electron chi connectivity index (χ3n) is 7.01. The highest BCUT2D eigenvalue weighted by Crippen LogP contribution is 2.38. The number of anilines is 1. The van der Waals surface area contributed by atoms with Crippen molar-refractivity contribution >= 4 is 29.5 Å². The zero-order valence-corrected chi connectivity index (χ0v) is 21.6. The fraction of sp³-hybridized carbons (Fsp3) is 0.393. The van der Waals surface area contributed by atoms with Gasteiger partial charge in [-0.25, -0.2) is 4.79 Å². The van der Waals surface area contributed by atoms with E-state index in [0.717, 1.165) is 42.4 Å². The van der Waals surface area contributed by atoms with E-state index in [1.165, 1.54) is 12.7 Å². The molecule has 190 valence electrons. The van der Waals surface area contributed by atoms with E-state index in [0.29, 0.717) is 29.1 Å². The zero-order valence-electron chi connectivity index (χ0n) is 20.9. The standard InChI is InChI=1S/C28H32ClN3O4/c1-18(23-6-4-5-7-25(23)29)36-28(34)31-27-24(17-30-32(27)2)22-14-12-21(13-15-22)20-10-8-19(9-11-20)16-26(33)35-3/h4-7,12-15,17-20H,8-11,16H2,1-3H3,(H,31,34)/t18-,19?,20?/m1/s1. The number of aromatic nitrogens is 2. The number of halogens is 1. The first-order chi connectivity index (χ1) is 17.4. The van der Waals surface area contributed by atoms with Gasteiger partial charge in [0.1, 0.15) is 11.9 Å². The lowest BCUT2D eigenvalue weighted by Crippen LogP contribution is -2.18. The van der Waals surface area contributed by atoms with E-state index in [2.05, 4.69) is 34.7 Å². The summed E-state index contributed by atoms with van der Waals surface area (Å²) in [4.78, 5) is 24.2. The summed E-state index contributed by atoms with van der Waals surface area (Å²) in [6.07, 6.45) is 5.37. The molecule has 4 rings (SSSR count). The average molecular weight is 510 g/mol. The van der Waals surface area contributed by atoms with Crippen LogP contribution >= 0.6 is 11.6 Å². The van der Waals surface area contributed by atoms with Gasteiger partial charge in [-0.1, -0.05) is 54.1 Å². The lowest BCUT2D eigenvalue weighted by molar-refractivity contribution is -0.142. The Bertz CT molecular complexity index is 1200. The second-order valence-corrected chi connectivity index (χ2v) is 9.75.